The summed E-state index contributed by atoms with van der Waals surface area (Å²) in [5, 5.41) is 13.5. The van der Waals surface area contributed by atoms with Crippen LogP contribution in [0.15, 0.2) is 48.0 Å². The van der Waals surface area contributed by atoms with Gasteiger partial charge in [0.1, 0.15) is 13.2 Å². The zero-order valence-electron chi connectivity index (χ0n) is 18.6. The molecule has 0 saturated carbocycles. The molecular formula is C25H28N2O5. The van der Waals surface area contributed by atoms with Crippen molar-refractivity contribution in [3.05, 3.63) is 64.7 Å². The molecule has 168 valence electrons. The molecule has 4 rings (SSSR count). The van der Waals surface area contributed by atoms with Gasteiger partial charge in [-0.05, 0) is 30.2 Å². The Morgan fingerprint density at radius 3 is 2.44 bits per heavy atom. The third-order valence-electron chi connectivity index (χ3n) is 5.80. The Hall–Kier alpha value is -3.32. The molecule has 2 aromatic rings. The molecule has 1 unspecified atom stereocenters. The standard InChI is InChI=1S/C25H28N2O5/c1-16-5-7-17(8-6-16)22-21(24(29)25(30)27(22)12-4-11-26(2)3)23(28)18-9-10-19-20(15-18)32-14-13-31-19/h5-10,15,22,28H,4,11-14H2,1-3H3. The molecule has 32 heavy (non-hydrogen) atoms. The number of quaternary nitrogens is 1. The van der Waals surface area contributed by atoms with Gasteiger partial charge in [0, 0.05) is 18.5 Å². The third-order valence-corrected chi connectivity index (χ3v) is 5.80. The second-order valence-corrected chi connectivity index (χ2v) is 8.55. The van der Waals surface area contributed by atoms with Gasteiger partial charge in [0.15, 0.2) is 11.5 Å². The minimum Gasteiger partial charge on any atom is -0.872 e. The Kier molecular flexibility index (Phi) is 6.19. The number of benzene rings is 2. The molecule has 1 fully saturated rings. The SMILES string of the molecule is Cc1ccc(C2C(=C([O-])c3ccc4c(c3)OCCO4)C(=O)C(=O)N2CCC[NH+](C)C)cc1. The van der Waals surface area contributed by atoms with E-state index in [9.17, 15) is 14.7 Å². The van der Waals surface area contributed by atoms with E-state index in [1.807, 2.05) is 45.3 Å². The van der Waals surface area contributed by atoms with Gasteiger partial charge in [-0.2, -0.15) is 0 Å². The highest BCUT2D eigenvalue weighted by atomic mass is 16.6. The summed E-state index contributed by atoms with van der Waals surface area (Å²) in [6.45, 7) is 4.07. The normalized spacial score (nSPS) is 19.6. The molecule has 7 nitrogen and oxygen atoms in total. The van der Waals surface area contributed by atoms with Crippen LogP contribution in [-0.2, 0) is 9.59 Å². The number of hydrogen-bond acceptors (Lipinski definition) is 5. The number of ketones is 1. The van der Waals surface area contributed by atoms with Crippen molar-refractivity contribution < 1.29 is 29.1 Å². The van der Waals surface area contributed by atoms with E-state index in [2.05, 4.69) is 0 Å². The lowest BCUT2D eigenvalue weighted by atomic mass is 9.94. The van der Waals surface area contributed by atoms with E-state index in [-0.39, 0.29) is 5.57 Å². The summed E-state index contributed by atoms with van der Waals surface area (Å²) in [5.74, 6) is -0.767. The maximum Gasteiger partial charge on any atom is 0.295 e. The van der Waals surface area contributed by atoms with Gasteiger partial charge in [-0.3, -0.25) is 9.59 Å². The van der Waals surface area contributed by atoms with E-state index >= 15 is 0 Å². The minimum atomic E-state index is -0.729. The number of ether oxygens (including phenoxy) is 2. The van der Waals surface area contributed by atoms with Gasteiger partial charge in [0.2, 0.25) is 5.78 Å². The molecule has 0 spiro atoms. The predicted molar refractivity (Wildman–Crippen MR) is 117 cm³/mol. The van der Waals surface area contributed by atoms with Crippen LogP contribution in [0.3, 0.4) is 0 Å². The van der Waals surface area contributed by atoms with E-state index in [0.29, 0.717) is 36.8 Å². The molecule has 2 aliphatic rings. The number of Topliss-reactive ketones (excluding diaryl/α,β-unsaturated/α-hetero) is 1. The Morgan fingerprint density at radius 2 is 1.75 bits per heavy atom. The van der Waals surface area contributed by atoms with Crippen LogP contribution in [0.25, 0.3) is 5.76 Å². The summed E-state index contributed by atoms with van der Waals surface area (Å²) in [6, 6.07) is 11.8. The van der Waals surface area contributed by atoms with Crippen molar-refractivity contribution >= 4 is 17.4 Å². The van der Waals surface area contributed by atoms with Crippen molar-refractivity contribution in [2.75, 3.05) is 40.4 Å². The third kappa shape index (κ3) is 4.21. The van der Waals surface area contributed by atoms with Gasteiger partial charge >= 0.3 is 0 Å². The smallest absolute Gasteiger partial charge is 0.295 e. The maximum atomic E-state index is 13.5. The number of amides is 1. The average Bonchev–Trinajstić information content (AvgIpc) is 3.03. The van der Waals surface area contributed by atoms with Crippen LogP contribution >= 0.6 is 0 Å². The van der Waals surface area contributed by atoms with Crippen molar-refractivity contribution in [3.8, 4) is 11.5 Å². The van der Waals surface area contributed by atoms with Crippen molar-refractivity contribution in [2.45, 2.75) is 19.4 Å². The number of carbonyl (C=O) groups is 2. The van der Waals surface area contributed by atoms with Gasteiger partial charge in [-0.25, -0.2) is 0 Å². The second kappa shape index (κ2) is 9.04. The number of nitrogens with zero attached hydrogens (tertiary/aromatic N) is 1. The Morgan fingerprint density at radius 1 is 1.06 bits per heavy atom. The molecule has 2 heterocycles. The highest BCUT2D eigenvalue weighted by Gasteiger charge is 2.44. The molecule has 2 aromatic carbocycles. The van der Waals surface area contributed by atoms with Crippen LogP contribution in [0.1, 0.15) is 29.2 Å². The molecule has 0 radical (unpaired) electrons. The zero-order valence-corrected chi connectivity index (χ0v) is 18.6. The lowest BCUT2D eigenvalue weighted by Gasteiger charge is -2.28. The Balaban J connectivity index is 1.77. The van der Waals surface area contributed by atoms with Gasteiger partial charge in [0.05, 0.1) is 26.7 Å². The largest absolute Gasteiger partial charge is 0.872 e. The number of aryl methyl sites for hydroxylation is 1. The Bertz CT molecular complexity index is 1060. The second-order valence-electron chi connectivity index (χ2n) is 8.55. The van der Waals surface area contributed by atoms with Crippen molar-refractivity contribution in [1.82, 2.24) is 4.90 Å². The molecule has 1 amide bonds. The molecule has 0 aliphatic carbocycles. The van der Waals surface area contributed by atoms with Crippen LogP contribution in [0.2, 0.25) is 0 Å². The highest BCUT2D eigenvalue weighted by Crippen LogP contribution is 2.40. The van der Waals surface area contributed by atoms with E-state index in [0.717, 1.165) is 24.1 Å². The quantitative estimate of drug-likeness (QED) is 0.406. The molecule has 0 bridgehead atoms. The topological polar surface area (TPSA) is 83.3 Å². The van der Waals surface area contributed by atoms with E-state index in [4.69, 9.17) is 9.47 Å². The number of fused-ring (bicyclic) bond motifs is 1. The van der Waals surface area contributed by atoms with Crippen LogP contribution in [0.5, 0.6) is 11.5 Å². The van der Waals surface area contributed by atoms with Crippen LogP contribution in [0.4, 0.5) is 0 Å². The molecular weight excluding hydrogens is 408 g/mol. The monoisotopic (exact) mass is 436 g/mol. The van der Waals surface area contributed by atoms with Gasteiger partial charge in [-0.1, -0.05) is 41.7 Å². The molecule has 0 aromatic heterocycles. The first kappa shape index (κ1) is 21.9. The van der Waals surface area contributed by atoms with Crippen LogP contribution in [0, 0.1) is 6.92 Å². The molecule has 1 saturated heterocycles. The van der Waals surface area contributed by atoms with Gasteiger partial charge in [0.25, 0.3) is 5.91 Å². The number of rotatable bonds is 6. The van der Waals surface area contributed by atoms with E-state index in [1.54, 1.807) is 23.1 Å². The first-order chi connectivity index (χ1) is 15.4. The number of nitrogens with one attached hydrogen (secondary N) is 1. The van der Waals surface area contributed by atoms with Crippen LogP contribution in [-0.4, -0.2) is 57.0 Å². The summed E-state index contributed by atoms with van der Waals surface area (Å²) in [7, 11) is 4.08. The zero-order chi connectivity index (χ0) is 22.8. The summed E-state index contributed by atoms with van der Waals surface area (Å²) < 4.78 is 11.1. The summed E-state index contributed by atoms with van der Waals surface area (Å²) in [4.78, 5) is 28.8. The maximum absolute atomic E-state index is 13.5. The van der Waals surface area contributed by atoms with E-state index < -0.39 is 23.5 Å². The molecule has 1 atom stereocenters. The first-order valence-corrected chi connectivity index (χ1v) is 10.9. The molecule has 7 heteroatoms. The first-order valence-electron chi connectivity index (χ1n) is 10.9. The fraction of sp³-hybridized carbons (Fsp3) is 0.360. The summed E-state index contributed by atoms with van der Waals surface area (Å²) >= 11 is 0. The van der Waals surface area contributed by atoms with Crippen molar-refractivity contribution in [3.63, 3.8) is 0 Å². The van der Waals surface area contributed by atoms with Gasteiger partial charge < -0.3 is 24.4 Å². The van der Waals surface area contributed by atoms with Crippen molar-refractivity contribution in [2.24, 2.45) is 0 Å². The van der Waals surface area contributed by atoms with Crippen LogP contribution < -0.4 is 19.5 Å². The number of hydrogen-bond donors (Lipinski definition) is 1. The van der Waals surface area contributed by atoms with Crippen molar-refractivity contribution in [1.29, 1.82) is 0 Å². The lowest BCUT2D eigenvalue weighted by Crippen LogP contribution is -3.05. The fourth-order valence-electron chi connectivity index (χ4n) is 4.14. The van der Waals surface area contributed by atoms with Gasteiger partial charge in [-0.15, -0.1) is 0 Å². The summed E-state index contributed by atoms with van der Waals surface area (Å²) in [6.07, 6.45) is 0.731. The average molecular weight is 437 g/mol. The summed E-state index contributed by atoms with van der Waals surface area (Å²) in [5.41, 5.74) is 2.12. The molecule has 1 N–H and O–H groups in total. The number of carbonyl (C=O) groups excluding carboxylic acids is 2. The van der Waals surface area contributed by atoms with E-state index in [1.165, 1.54) is 4.90 Å². The molecule has 2 aliphatic heterocycles. The fourth-order valence-corrected chi connectivity index (χ4v) is 4.14. The Labute approximate surface area is 187 Å². The highest BCUT2D eigenvalue weighted by molar-refractivity contribution is 6.46. The predicted octanol–water partition coefficient (Wildman–Crippen LogP) is 0.525. The number of likely N-dealkylation sites (tertiary alicyclic amines) is 1. The minimum absolute atomic E-state index is 0.00673. The lowest BCUT2D eigenvalue weighted by molar-refractivity contribution is -0.858.